The number of amides is 5. The molecule has 7 atom stereocenters. The molecule has 0 aromatic rings. The van der Waals surface area contributed by atoms with E-state index >= 15 is 0 Å². The van der Waals surface area contributed by atoms with Gasteiger partial charge in [-0.15, -0.1) is 0 Å². The first-order valence-electron chi connectivity index (χ1n) is 20.8. The number of carbonyl (C=O) groups excluding carboxylic acids is 5. The largest absolute Gasteiger partial charge is 0.373 e. The molecule has 2 aliphatic heterocycles. The van der Waals surface area contributed by atoms with Gasteiger partial charge >= 0.3 is 6.03 Å². The van der Waals surface area contributed by atoms with Crippen molar-refractivity contribution in [3.63, 3.8) is 0 Å². The smallest absolute Gasteiger partial charge is 0.315 e. The SMILES string of the molecule is C[C@H]1CN(C[C@@H](NC(=O)N[C@H](C(=O)N2CC3(C[C@H]2C(=O)NC(CC2CCC2)C(=O)C(N)=O)C(C)(C)C32CCC2)C(C)(C)C)C2CCCCC2)C[C@H](C)O1. The molecule has 4 saturated carbocycles. The first-order valence-corrected chi connectivity index (χ1v) is 20.8. The Hall–Kier alpha value is -2.73. The molecular formula is C41H68N6O6. The van der Waals surface area contributed by atoms with E-state index in [1.165, 1.54) is 6.42 Å². The first-order chi connectivity index (χ1) is 24.9. The summed E-state index contributed by atoms with van der Waals surface area (Å²) in [5.41, 5.74) is 4.54. The number of ether oxygens (including phenoxy) is 1. The first kappa shape index (κ1) is 39.9. The topological polar surface area (TPSA) is 163 Å². The van der Waals surface area contributed by atoms with Gasteiger partial charge in [0, 0.05) is 37.6 Å². The number of likely N-dealkylation sites (tertiary alicyclic amines) is 1. The molecule has 2 heterocycles. The summed E-state index contributed by atoms with van der Waals surface area (Å²) in [5.74, 6) is -1.97. The van der Waals surface area contributed by atoms with Gasteiger partial charge in [-0.25, -0.2) is 4.79 Å². The predicted molar refractivity (Wildman–Crippen MR) is 202 cm³/mol. The number of primary amides is 1. The van der Waals surface area contributed by atoms with Gasteiger partial charge in [-0.3, -0.25) is 24.1 Å². The number of carbonyl (C=O) groups is 5. The van der Waals surface area contributed by atoms with Crippen LogP contribution in [-0.2, 0) is 23.9 Å². The second kappa shape index (κ2) is 15.1. The standard InChI is InChI=1S/C41H68N6O6/c1-25-21-46(22-26(2)53-25)23-30(28-15-9-8-10-16-28)44-37(52)45-33(38(3,4)5)36(51)47-24-41(39(6,7)40(41)17-12-18-40)20-31(47)35(50)43-29(32(48)34(42)49)19-27-13-11-14-27/h25-31,33H,8-24H2,1-7H3,(H2,42,49)(H,43,50)(H2,44,45,52)/t25-,26-,29?,30+,31-,33+,41?/m0/s1. The van der Waals surface area contributed by atoms with E-state index in [-0.39, 0.29) is 52.4 Å². The Kier molecular flexibility index (Phi) is 11.4. The van der Waals surface area contributed by atoms with Crippen LogP contribution in [0.15, 0.2) is 0 Å². The van der Waals surface area contributed by atoms with Gasteiger partial charge in [-0.05, 0) is 80.5 Å². The highest BCUT2D eigenvalue weighted by Crippen LogP contribution is 2.88. The Balaban J connectivity index is 1.22. The van der Waals surface area contributed by atoms with Crippen molar-refractivity contribution in [3.8, 4) is 0 Å². The Morgan fingerprint density at radius 3 is 2.00 bits per heavy atom. The van der Waals surface area contributed by atoms with Crippen LogP contribution in [0.3, 0.4) is 0 Å². The molecule has 2 saturated heterocycles. The zero-order valence-corrected chi connectivity index (χ0v) is 33.6. The van der Waals surface area contributed by atoms with E-state index in [9.17, 15) is 24.0 Å². The van der Waals surface area contributed by atoms with Gasteiger partial charge in [0.15, 0.2) is 0 Å². The maximum absolute atomic E-state index is 15.0. The fraction of sp³-hybridized carbons (Fsp3) is 0.878. The highest BCUT2D eigenvalue weighted by molar-refractivity contribution is 6.37. The summed E-state index contributed by atoms with van der Waals surface area (Å²) >= 11 is 0. The number of nitrogens with zero attached hydrogens (tertiary/aromatic N) is 2. The Morgan fingerprint density at radius 2 is 1.49 bits per heavy atom. The van der Waals surface area contributed by atoms with Crippen LogP contribution >= 0.6 is 0 Å². The van der Waals surface area contributed by atoms with Gasteiger partial charge in [0.05, 0.1) is 18.2 Å². The van der Waals surface area contributed by atoms with Gasteiger partial charge in [0.2, 0.25) is 17.6 Å². The Morgan fingerprint density at radius 1 is 0.849 bits per heavy atom. The van der Waals surface area contributed by atoms with E-state index in [2.05, 4.69) is 48.5 Å². The lowest BCUT2D eigenvalue weighted by molar-refractivity contribution is -0.143. The molecule has 6 aliphatic rings. The van der Waals surface area contributed by atoms with Gasteiger partial charge < -0.3 is 31.3 Å². The molecule has 4 aliphatic carbocycles. The molecule has 298 valence electrons. The number of urea groups is 1. The average Bonchev–Trinajstić information content (AvgIpc) is 3.25. The van der Waals surface area contributed by atoms with Crippen molar-refractivity contribution in [2.75, 3.05) is 26.2 Å². The summed E-state index contributed by atoms with van der Waals surface area (Å²) in [7, 11) is 0. The third-order valence-electron chi connectivity index (χ3n) is 14.9. The molecular weight excluding hydrogens is 672 g/mol. The maximum Gasteiger partial charge on any atom is 0.315 e. The molecule has 0 radical (unpaired) electrons. The maximum atomic E-state index is 15.0. The molecule has 0 aromatic carbocycles. The molecule has 0 aromatic heterocycles. The van der Waals surface area contributed by atoms with Crippen LogP contribution < -0.4 is 21.7 Å². The number of ketones is 1. The van der Waals surface area contributed by atoms with Crippen LogP contribution in [0, 0.1) is 33.5 Å². The zero-order valence-electron chi connectivity index (χ0n) is 33.6. The molecule has 6 fully saturated rings. The van der Waals surface area contributed by atoms with Crippen LogP contribution in [0.2, 0.25) is 0 Å². The number of rotatable bonds is 12. The van der Waals surface area contributed by atoms with E-state index in [0.717, 1.165) is 83.8 Å². The minimum absolute atomic E-state index is 0.0612. The number of morpholine rings is 1. The van der Waals surface area contributed by atoms with Crippen molar-refractivity contribution in [1.82, 2.24) is 25.8 Å². The molecule has 2 unspecified atom stereocenters. The van der Waals surface area contributed by atoms with Crippen LogP contribution in [0.25, 0.3) is 0 Å². The number of nitrogens with two attached hydrogens (primary N) is 1. The van der Waals surface area contributed by atoms with E-state index in [4.69, 9.17) is 10.5 Å². The van der Waals surface area contributed by atoms with Gasteiger partial charge in [0.1, 0.15) is 12.1 Å². The molecule has 12 heteroatoms. The summed E-state index contributed by atoms with van der Waals surface area (Å²) in [6.07, 6.45) is 12.9. The van der Waals surface area contributed by atoms with Crippen molar-refractivity contribution < 1.29 is 28.7 Å². The summed E-state index contributed by atoms with van der Waals surface area (Å²) in [6.45, 7) is 17.3. The van der Waals surface area contributed by atoms with Crippen molar-refractivity contribution in [2.45, 2.75) is 168 Å². The van der Waals surface area contributed by atoms with Crippen molar-refractivity contribution in [1.29, 1.82) is 0 Å². The summed E-state index contributed by atoms with van der Waals surface area (Å²) in [5, 5.41) is 9.36. The number of nitrogens with one attached hydrogen (secondary N) is 3. The third kappa shape index (κ3) is 7.61. The molecule has 5 amide bonds. The summed E-state index contributed by atoms with van der Waals surface area (Å²) in [6, 6.07) is -3.19. The zero-order chi connectivity index (χ0) is 38.5. The lowest BCUT2D eigenvalue weighted by Gasteiger charge is -2.40. The van der Waals surface area contributed by atoms with Crippen molar-refractivity contribution >= 4 is 29.5 Å². The van der Waals surface area contributed by atoms with Crippen LogP contribution in [0.1, 0.15) is 132 Å². The van der Waals surface area contributed by atoms with E-state index in [1.807, 2.05) is 20.8 Å². The highest BCUT2D eigenvalue weighted by atomic mass is 16.5. The third-order valence-corrected chi connectivity index (χ3v) is 14.9. The monoisotopic (exact) mass is 741 g/mol. The van der Waals surface area contributed by atoms with Crippen LogP contribution in [-0.4, -0.2) is 102 Å². The van der Waals surface area contributed by atoms with Gasteiger partial charge in [-0.2, -0.15) is 0 Å². The van der Waals surface area contributed by atoms with E-state index in [1.54, 1.807) is 4.90 Å². The minimum atomic E-state index is -1.06. The van der Waals surface area contributed by atoms with Gasteiger partial charge in [0.25, 0.3) is 5.91 Å². The summed E-state index contributed by atoms with van der Waals surface area (Å²) in [4.78, 5) is 72.5. The quantitative estimate of drug-likeness (QED) is 0.217. The molecule has 5 N–H and O–H groups in total. The fourth-order valence-electron chi connectivity index (χ4n) is 11.5. The van der Waals surface area contributed by atoms with Crippen molar-refractivity contribution in [3.05, 3.63) is 0 Å². The predicted octanol–water partition coefficient (Wildman–Crippen LogP) is 4.29. The van der Waals surface area contributed by atoms with Gasteiger partial charge in [-0.1, -0.05) is 79.6 Å². The second-order valence-electron chi connectivity index (χ2n) is 19.5. The molecule has 6 rings (SSSR count). The lowest BCUT2D eigenvalue weighted by atomic mass is 9.73. The molecule has 53 heavy (non-hydrogen) atoms. The summed E-state index contributed by atoms with van der Waals surface area (Å²) < 4.78 is 5.99. The van der Waals surface area contributed by atoms with Crippen LogP contribution in [0.4, 0.5) is 4.79 Å². The molecule has 0 bridgehead atoms. The van der Waals surface area contributed by atoms with Crippen LogP contribution in [0.5, 0.6) is 0 Å². The lowest BCUT2D eigenvalue weighted by Crippen LogP contribution is -2.62. The average molecular weight is 741 g/mol. The normalized spacial score (nSPS) is 31.5. The number of fused-ring (bicyclic) bond motifs is 1. The fourth-order valence-corrected chi connectivity index (χ4v) is 11.5. The van der Waals surface area contributed by atoms with E-state index in [0.29, 0.717) is 25.3 Å². The number of hydrogen-bond acceptors (Lipinski definition) is 7. The number of Topliss-reactive ketones (excluding diaryl/α,β-unsaturated/α-hetero) is 1. The Bertz CT molecular complexity index is 1400. The molecule has 2 spiro atoms. The van der Waals surface area contributed by atoms with Crippen molar-refractivity contribution in [2.24, 2.45) is 39.2 Å². The highest BCUT2D eigenvalue weighted by Gasteiger charge is 2.85. The van der Waals surface area contributed by atoms with E-state index < -0.39 is 41.1 Å². The minimum Gasteiger partial charge on any atom is -0.373 e. The number of hydrogen-bond donors (Lipinski definition) is 4. The Labute approximate surface area is 317 Å². The second-order valence-corrected chi connectivity index (χ2v) is 19.5. The molecule has 12 nitrogen and oxygen atoms in total.